The zero-order valence-corrected chi connectivity index (χ0v) is 14.7. The number of methoxy groups -OCH3 is 2. The summed E-state index contributed by atoms with van der Waals surface area (Å²) in [5.74, 6) is -1.77. The van der Waals surface area contributed by atoms with Gasteiger partial charge in [0.15, 0.2) is 5.92 Å². The minimum Gasteiger partial charge on any atom is -0.497 e. The Balaban J connectivity index is 1.91. The van der Waals surface area contributed by atoms with Crippen LogP contribution in [-0.2, 0) is 9.59 Å². The molecule has 3 rings (SSSR count). The smallest absolute Gasteiger partial charge is 0.335 e. The van der Waals surface area contributed by atoms with E-state index in [1.807, 2.05) is 0 Å². The number of ether oxygens (including phenoxy) is 2. The number of carbonyl (C=O) groups excluding carboxylic acids is 3. The maximum atomic E-state index is 12.8. The van der Waals surface area contributed by atoms with Gasteiger partial charge in [-0.1, -0.05) is 18.2 Å². The number of urea groups is 1. The van der Waals surface area contributed by atoms with Crippen LogP contribution in [-0.4, -0.2) is 38.3 Å². The Morgan fingerprint density at radius 1 is 1.04 bits per heavy atom. The summed E-state index contributed by atoms with van der Waals surface area (Å²) in [5, 5.41) is 2.17. The molecule has 0 radical (unpaired) electrons. The highest BCUT2D eigenvalue weighted by atomic mass is 16.5. The second kappa shape index (κ2) is 7.69. The molecule has 8 nitrogen and oxygen atoms in total. The summed E-state index contributed by atoms with van der Waals surface area (Å²) >= 11 is 0. The molecule has 2 aromatic carbocycles. The van der Waals surface area contributed by atoms with Crippen molar-refractivity contribution in [3.8, 4) is 11.5 Å². The van der Waals surface area contributed by atoms with Crippen molar-refractivity contribution in [1.29, 1.82) is 0 Å². The Morgan fingerprint density at radius 3 is 2.56 bits per heavy atom. The lowest BCUT2D eigenvalue weighted by Gasteiger charge is -2.29. The monoisotopic (exact) mass is 367 g/mol. The van der Waals surface area contributed by atoms with Gasteiger partial charge in [-0.25, -0.2) is 9.69 Å². The molecule has 1 N–H and O–H groups in total. The van der Waals surface area contributed by atoms with E-state index in [1.54, 1.807) is 48.5 Å². The van der Waals surface area contributed by atoms with Gasteiger partial charge in [0.2, 0.25) is 5.91 Å². The Labute approximate surface area is 155 Å². The van der Waals surface area contributed by atoms with Gasteiger partial charge in [-0.05, 0) is 24.3 Å². The third-order valence-corrected chi connectivity index (χ3v) is 3.95. The predicted octanol–water partition coefficient (Wildman–Crippen LogP) is 2.31. The molecular weight excluding hydrogens is 350 g/mol. The van der Waals surface area contributed by atoms with E-state index >= 15 is 0 Å². The second-order valence-electron chi connectivity index (χ2n) is 5.60. The number of anilines is 1. The van der Waals surface area contributed by atoms with Crippen LogP contribution in [0, 0.1) is 5.92 Å². The van der Waals surface area contributed by atoms with Crippen molar-refractivity contribution in [3.05, 3.63) is 48.5 Å². The summed E-state index contributed by atoms with van der Waals surface area (Å²) in [4.78, 5) is 42.3. The van der Waals surface area contributed by atoms with Crippen LogP contribution in [0.5, 0.6) is 11.5 Å². The molecule has 8 heteroatoms. The molecule has 0 saturated carbocycles. The average Bonchev–Trinajstić information content (AvgIpc) is 2.68. The van der Waals surface area contributed by atoms with Crippen LogP contribution in [0.3, 0.4) is 0 Å². The van der Waals surface area contributed by atoms with Gasteiger partial charge in [0, 0.05) is 12.3 Å². The minimum absolute atomic E-state index is 0.245. The number of amides is 4. The minimum atomic E-state index is -1.25. The molecule has 1 saturated heterocycles. The summed E-state index contributed by atoms with van der Waals surface area (Å²) in [6, 6.07) is 12.6. The first-order valence-electron chi connectivity index (χ1n) is 8.05. The zero-order valence-electron chi connectivity index (χ0n) is 14.7. The topological polar surface area (TPSA) is 97.3 Å². The quantitative estimate of drug-likeness (QED) is 0.646. The van der Waals surface area contributed by atoms with Crippen LogP contribution in [0.25, 0.3) is 0 Å². The number of hydrogen-bond donors (Lipinski definition) is 1. The third kappa shape index (κ3) is 3.64. The second-order valence-corrected chi connectivity index (χ2v) is 5.60. The first-order chi connectivity index (χ1) is 13.0. The zero-order chi connectivity index (χ0) is 19.4. The van der Waals surface area contributed by atoms with Crippen molar-refractivity contribution in [1.82, 2.24) is 5.32 Å². The lowest BCUT2D eigenvalue weighted by atomic mass is 10.1. The molecule has 1 fully saturated rings. The van der Waals surface area contributed by atoms with Gasteiger partial charge in [0.05, 0.1) is 25.6 Å². The van der Waals surface area contributed by atoms with Crippen LogP contribution in [0.1, 0.15) is 0 Å². The van der Waals surface area contributed by atoms with Crippen molar-refractivity contribution >= 4 is 35.4 Å². The Morgan fingerprint density at radius 2 is 1.81 bits per heavy atom. The largest absolute Gasteiger partial charge is 0.497 e. The van der Waals surface area contributed by atoms with Gasteiger partial charge in [-0.2, -0.15) is 0 Å². The summed E-state index contributed by atoms with van der Waals surface area (Å²) < 4.78 is 10.3. The van der Waals surface area contributed by atoms with Crippen LogP contribution >= 0.6 is 0 Å². The fraction of sp³-hybridized carbons (Fsp3) is 0.158. The number of nitrogens with zero attached hydrogens (tertiary/aromatic N) is 2. The number of imide groups is 2. The van der Waals surface area contributed by atoms with Crippen LogP contribution in [0.4, 0.5) is 16.2 Å². The Bertz CT molecular complexity index is 925. The summed E-state index contributed by atoms with van der Waals surface area (Å²) in [7, 11) is 2.95. The number of hydrogen-bond acceptors (Lipinski definition) is 6. The first kappa shape index (κ1) is 18.1. The number of nitrogens with one attached hydrogen (secondary N) is 1. The maximum Gasteiger partial charge on any atom is 0.335 e. The number of barbiturate groups is 1. The van der Waals surface area contributed by atoms with Gasteiger partial charge < -0.3 is 9.47 Å². The van der Waals surface area contributed by atoms with Gasteiger partial charge in [0.1, 0.15) is 11.5 Å². The number of carbonyl (C=O) groups is 3. The van der Waals surface area contributed by atoms with Crippen LogP contribution in [0.2, 0.25) is 0 Å². The van der Waals surface area contributed by atoms with Crippen molar-refractivity contribution in [3.63, 3.8) is 0 Å². The number of aliphatic imine (C=N–C) groups is 1. The molecule has 0 aromatic heterocycles. The molecule has 0 unspecified atom stereocenters. The highest BCUT2D eigenvalue weighted by Crippen LogP contribution is 2.30. The van der Waals surface area contributed by atoms with Gasteiger partial charge >= 0.3 is 6.03 Å². The Hall–Kier alpha value is -3.68. The van der Waals surface area contributed by atoms with E-state index < -0.39 is 23.8 Å². The number of benzene rings is 2. The van der Waals surface area contributed by atoms with E-state index in [-0.39, 0.29) is 5.69 Å². The van der Waals surface area contributed by atoms with Gasteiger partial charge in [0.25, 0.3) is 5.91 Å². The van der Waals surface area contributed by atoms with E-state index in [9.17, 15) is 14.4 Å². The van der Waals surface area contributed by atoms with Gasteiger partial charge in [-0.15, -0.1) is 0 Å². The molecule has 0 spiro atoms. The van der Waals surface area contributed by atoms with Crippen LogP contribution < -0.4 is 19.7 Å². The van der Waals surface area contributed by atoms with E-state index in [2.05, 4.69) is 10.3 Å². The van der Waals surface area contributed by atoms with Crippen molar-refractivity contribution in [2.75, 3.05) is 19.1 Å². The molecule has 0 bridgehead atoms. The van der Waals surface area contributed by atoms with Crippen molar-refractivity contribution in [2.45, 2.75) is 0 Å². The van der Waals surface area contributed by atoms with Gasteiger partial charge in [-0.3, -0.25) is 19.9 Å². The van der Waals surface area contributed by atoms with Crippen LogP contribution in [0.15, 0.2) is 53.5 Å². The first-order valence-corrected chi connectivity index (χ1v) is 8.05. The average molecular weight is 367 g/mol. The molecule has 1 atom stereocenters. The molecule has 0 aliphatic carbocycles. The standard InChI is InChI=1S/C19H17N3O5/c1-26-13-7-5-6-12(10-13)20-11-14-17(23)21-19(25)22(18(14)24)15-8-3-4-9-16(15)27-2/h3-11,14H,1-2H3,(H,21,23,25)/t14-/m0/s1. The highest BCUT2D eigenvalue weighted by Gasteiger charge is 2.41. The number of rotatable bonds is 5. The highest BCUT2D eigenvalue weighted by molar-refractivity contribution is 6.33. The molecule has 1 heterocycles. The summed E-state index contributed by atoms with van der Waals surface area (Å²) in [6.45, 7) is 0. The normalized spacial score (nSPS) is 17.2. The molecule has 2 aromatic rings. The SMILES string of the molecule is COc1cccc(N=C[C@H]2C(=O)NC(=O)N(c3ccccc3OC)C2=O)c1. The summed E-state index contributed by atoms with van der Waals surface area (Å²) in [6.07, 6.45) is 1.21. The maximum absolute atomic E-state index is 12.8. The molecular formula is C19H17N3O5. The fourth-order valence-corrected chi connectivity index (χ4v) is 2.62. The summed E-state index contributed by atoms with van der Waals surface area (Å²) in [5.41, 5.74) is 0.755. The predicted molar refractivity (Wildman–Crippen MR) is 98.7 cm³/mol. The van der Waals surface area contributed by atoms with E-state index in [0.29, 0.717) is 17.2 Å². The van der Waals surface area contributed by atoms with E-state index in [4.69, 9.17) is 9.47 Å². The fourth-order valence-electron chi connectivity index (χ4n) is 2.62. The number of para-hydroxylation sites is 2. The lowest BCUT2D eigenvalue weighted by Crippen LogP contribution is -2.58. The Kier molecular flexibility index (Phi) is 5.16. The lowest BCUT2D eigenvalue weighted by molar-refractivity contribution is -0.131. The molecule has 1 aliphatic heterocycles. The van der Waals surface area contributed by atoms with E-state index in [1.165, 1.54) is 20.4 Å². The molecule has 138 valence electrons. The van der Waals surface area contributed by atoms with E-state index in [0.717, 1.165) is 4.90 Å². The third-order valence-electron chi connectivity index (χ3n) is 3.95. The molecule has 1 aliphatic rings. The molecule has 4 amide bonds. The van der Waals surface area contributed by atoms with Crippen molar-refractivity contribution in [2.24, 2.45) is 10.9 Å². The van der Waals surface area contributed by atoms with Crippen molar-refractivity contribution < 1.29 is 23.9 Å². The molecule has 27 heavy (non-hydrogen) atoms.